The number of rotatable bonds is 5. The molecule has 2 N–H and O–H groups in total. The first-order valence-corrected chi connectivity index (χ1v) is 5.79. The van der Waals surface area contributed by atoms with Crippen LogP contribution in [-0.4, -0.2) is 27.5 Å². The van der Waals surface area contributed by atoms with Gasteiger partial charge < -0.3 is 10.4 Å². The molecule has 0 aliphatic rings. The van der Waals surface area contributed by atoms with Gasteiger partial charge in [-0.25, -0.2) is 0 Å². The fourth-order valence-corrected chi connectivity index (χ4v) is 1.54. The van der Waals surface area contributed by atoms with Crippen molar-refractivity contribution in [1.82, 2.24) is 10.3 Å². The number of hydrogen-bond donors (Lipinski definition) is 2. The molecule has 1 atom stereocenters. The molecule has 5 heteroatoms. The van der Waals surface area contributed by atoms with Gasteiger partial charge >= 0.3 is 5.97 Å². The topological polar surface area (TPSA) is 79.3 Å². The van der Waals surface area contributed by atoms with Gasteiger partial charge in [-0.1, -0.05) is 13.8 Å². The highest BCUT2D eigenvalue weighted by Gasteiger charge is 2.33. The molecule has 0 aromatic carbocycles. The number of carbonyl (C=O) groups excluding carboxylic acids is 1. The molecule has 0 aliphatic carbocycles. The van der Waals surface area contributed by atoms with Crippen LogP contribution in [0.25, 0.3) is 0 Å². The Balaban J connectivity index is 2.85. The van der Waals surface area contributed by atoms with Crippen molar-refractivity contribution >= 4 is 11.9 Å². The molecular formula is C13H18N2O3. The van der Waals surface area contributed by atoms with Gasteiger partial charge in [-0.2, -0.15) is 0 Å². The average molecular weight is 250 g/mol. The summed E-state index contributed by atoms with van der Waals surface area (Å²) in [6, 6.07) is 3.19. The number of carboxylic acid groups (broad SMARTS) is 1. The fraction of sp³-hybridized carbons (Fsp3) is 0.462. The van der Waals surface area contributed by atoms with Gasteiger partial charge in [-0.3, -0.25) is 14.6 Å². The number of carboxylic acids is 1. The van der Waals surface area contributed by atoms with Crippen molar-refractivity contribution in [3.63, 3.8) is 0 Å². The number of nitrogens with zero attached hydrogens (tertiary/aromatic N) is 1. The minimum absolute atomic E-state index is 0.0133. The second-order valence-corrected chi connectivity index (χ2v) is 4.83. The quantitative estimate of drug-likeness (QED) is 0.833. The lowest BCUT2D eigenvalue weighted by molar-refractivity contribution is -0.138. The Morgan fingerprint density at radius 2 is 1.94 bits per heavy atom. The summed E-state index contributed by atoms with van der Waals surface area (Å²) in [7, 11) is 0. The van der Waals surface area contributed by atoms with Crippen LogP contribution in [0.4, 0.5) is 0 Å². The molecule has 18 heavy (non-hydrogen) atoms. The summed E-state index contributed by atoms with van der Waals surface area (Å²) < 4.78 is 0. The van der Waals surface area contributed by atoms with Crippen LogP contribution >= 0.6 is 0 Å². The lowest BCUT2D eigenvalue weighted by atomic mass is 9.85. The molecule has 1 amide bonds. The van der Waals surface area contributed by atoms with Crippen LogP contribution in [0.3, 0.4) is 0 Å². The zero-order valence-corrected chi connectivity index (χ0v) is 10.8. The number of nitrogens with one attached hydrogen (secondary N) is 1. The monoisotopic (exact) mass is 250 g/mol. The number of aromatic nitrogens is 1. The van der Waals surface area contributed by atoms with Crippen LogP contribution < -0.4 is 5.32 Å². The minimum atomic E-state index is -0.929. The third-order valence-electron chi connectivity index (χ3n) is 3.13. The second-order valence-electron chi connectivity index (χ2n) is 4.83. The maximum Gasteiger partial charge on any atom is 0.305 e. The number of amides is 1. The third-order valence-corrected chi connectivity index (χ3v) is 3.13. The summed E-state index contributed by atoms with van der Waals surface area (Å²) in [5, 5.41) is 11.7. The Morgan fingerprint density at radius 1 is 1.39 bits per heavy atom. The van der Waals surface area contributed by atoms with E-state index in [1.807, 2.05) is 13.8 Å². The van der Waals surface area contributed by atoms with Crippen molar-refractivity contribution in [1.29, 1.82) is 0 Å². The van der Waals surface area contributed by atoms with Gasteiger partial charge in [0, 0.05) is 18.0 Å². The molecule has 1 rings (SSSR count). The lowest BCUT2D eigenvalue weighted by Gasteiger charge is -2.33. The Hall–Kier alpha value is -1.91. The van der Waals surface area contributed by atoms with Gasteiger partial charge in [0.1, 0.15) is 0 Å². The molecule has 0 saturated carbocycles. The standard InChI is InChI=1S/C13H18N2O3/c1-9(2)13(3,8-11(16)17)15-12(18)10-4-6-14-7-5-10/h4-7,9H,8H2,1-3H3,(H,15,18)(H,16,17). The average Bonchev–Trinajstić information content (AvgIpc) is 2.28. The zero-order valence-electron chi connectivity index (χ0n) is 10.8. The highest BCUT2D eigenvalue weighted by atomic mass is 16.4. The van der Waals surface area contributed by atoms with Crippen LogP contribution in [0.5, 0.6) is 0 Å². The van der Waals surface area contributed by atoms with E-state index in [0.717, 1.165) is 0 Å². The van der Waals surface area contributed by atoms with E-state index in [0.29, 0.717) is 5.56 Å². The number of hydrogen-bond acceptors (Lipinski definition) is 3. The molecule has 1 unspecified atom stereocenters. The van der Waals surface area contributed by atoms with Crippen molar-refractivity contribution in [2.45, 2.75) is 32.7 Å². The molecule has 0 fully saturated rings. The van der Waals surface area contributed by atoms with Crippen molar-refractivity contribution in [3.8, 4) is 0 Å². The molecule has 98 valence electrons. The van der Waals surface area contributed by atoms with Crippen molar-refractivity contribution in [2.24, 2.45) is 5.92 Å². The molecule has 0 saturated heterocycles. The smallest absolute Gasteiger partial charge is 0.305 e. The first kappa shape index (κ1) is 14.2. The van der Waals surface area contributed by atoms with Crippen molar-refractivity contribution in [3.05, 3.63) is 30.1 Å². The predicted molar refractivity (Wildman–Crippen MR) is 67.2 cm³/mol. The van der Waals surface area contributed by atoms with E-state index < -0.39 is 11.5 Å². The van der Waals surface area contributed by atoms with Crippen LogP contribution in [0.15, 0.2) is 24.5 Å². The van der Waals surface area contributed by atoms with E-state index in [1.54, 1.807) is 19.1 Å². The number of carbonyl (C=O) groups is 2. The van der Waals surface area contributed by atoms with Gasteiger partial charge in [0.2, 0.25) is 0 Å². The largest absolute Gasteiger partial charge is 0.481 e. The second kappa shape index (κ2) is 5.62. The minimum Gasteiger partial charge on any atom is -0.481 e. The molecule has 1 aromatic rings. The molecular weight excluding hydrogens is 232 g/mol. The molecule has 5 nitrogen and oxygen atoms in total. The molecule has 0 bridgehead atoms. The maximum atomic E-state index is 12.0. The van der Waals surface area contributed by atoms with E-state index in [2.05, 4.69) is 10.3 Å². The van der Waals surface area contributed by atoms with Crippen LogP contribution in [-0.2, 0) is 4.79 Å². The summed E-state index contributed by atoms with van der Waals surface area (Å²) in [5.74, 6) is -1.20. The van der Waals surface area contributed by atoms with Crippen LogP contribution in [0, 0.1) is 5.92 Å². The van der Waals surface area contributed by atoms with E-state index >= 15 is 0 Å². The zero-order chi connectivity index (χ0) is 13.8. The molecule has 0 spiro atoms. The van der Waals surface area contributed by atoms with Crippen LogP contribution in [0.2, 0.25) is 0 Å². The highest BCUT2D eigenvalue weighted by molar-refractivity contribution is 5.94. The van der Waals surface area contributed by atoms with Crippen molar-refractivity contribution in [2.75, 3.05) is 0 Å². The summed E-state index contributed by atoms with van der Waals surface area (Å²) in [6.45, 7) is 5.51. The number of aliphatic carboxylic acids is 1. The van der Waals surface area contributed by atoms with E-state index in [4.69, 9.17) is 5.11 Å². The first-order valence-electron chi connectivity index (χ1n) is 5.79. The molecule has 0 aliphatic heterocycles. The predicted octanol–water partition coefficient (Wildman–Crippen LogP) is 1.70. The summed E-state index contributed by atoms with van der Waals surface area (Å²) in [5.41, 5.74) is -0.297. The summed E-state index contributed by atoms with van der Waals surface area (Å²) in [6.07, 6.45) is 2.94. The summed E-state index contributed by atoms with van der Waals surface area (Å²) in [4.78, 5) is 26.7. The summed E-state index contributed by atoms with van der Waals surface area (Å²) >= 11 is 0. The third kappa shape index (κ3) is 3.55. The Morgan fingerprint density at radius 3 is 2.39 bits per heavy atom. The SMILES string of the molecule is CC(C)C(C)(CC(=O)O)NC(=O)c1ccncc1. The van der Waals surface area contributed by atoms with Gasteiger partial charge in [0.15, 0.2) is 0 Å². The van der Waals surface area contributed by atoms with Gasteiger partial charge in [-0.15, -0.1) is 0 Å². The maximum absolute atomic E-state index is 12.0. The first-order chi connectivity index (χ1) is 8.35. The Labute approximate surface area is 106 Å². The van der Waals surface area contributed by atoms with E-state index in [9.17, 15) is 9.59 Å². The highest BCUT2D eigenvalue weighted by Crippen LogP contribution is 2.21. The molecule has 0 radical (unpaired) electrons. The van der Waals surface area contributed by atoms with Crippen LogP contribution in [0.1, 0.15) is 37.6 Å². The van der Waals surface area contributed by atoms with Gasteiger partial charge in [0.05, 0.1) is 12.0 Å². The van der Waals surface area contributed by atoms with Gasteiger partial charge in [0.25, 0.3) is 5.91 Å². The molecule has 1 heterocycles. The Kier molecular flexibility index (Phi) is 4.42. The normalized spacial score (nSPS) is 14.0. The Bertz CT molecular complexity index is 431. The van der Waals surface area contributed by atoms with E-state index in [-0.39, 0.29) is 18.2 Å². The lowest BCUT2D eigenvalue weighted by Crippen LogP contribution is -2.51. The molecule has 1 aromatic heterocycles. The van der Waals surface area contributed by atoms with Crippen molar-refractivity contribution < 1.29 is 14.7 Å². The fourth-order valence-electron chi connectivity index (χ4n) is 1.54. The number of pyridine rings is 1. The van der Waals surface area contributed by atoms with Gasteiger partial charge in [-0.05, 0) is 25.0 Å². The van der Waals surface area contributed by atoms with E-state index in [1.165, 1.54) is 12.4 Å².